The molecule has 0 amide bonds. The zero-order valence-electron chi connectivity index (χ0n) is 15.7. The summed E-state index contributed by atoms with van der Waals surface area (Å²) in [5.41, 5.74) is 7.39. The van der Waals surface area contributed by atoms with Crippen LogP contribution in [0.3, 0.4) is 0 Å². The van der Waals surface area contributed by atoms with E-state index in [0.717, 1.165) is 0 Å². The highest BCUT2D eigenvalue weighted by molar-refractivity contribution is 6.36. The van der Waals surface area contributed by atoms with Crippen LogP contribution < -0.4 is 15.2 Å². The Morgan fingerprint density at radius 3 is 2.65 bits per heavy atom. The normalized spacial score (nSPS) is 15.0. The predicted octanol–water partition coefficient (Wildman–Crippen LogP) is 5.57. The number of benzene rings is 3. The minimum absolute atomic E-state index is 0.103. The average molecular weight is 455 g/mol. The number of ether oxygens (including phenoxy) is 2. The van der Waals surface area contributed by atoms with Crippen molar-refractivity contribution in [2.75, 3.05) is 0 Å². The molecule has 1 heterocycles. The highest BCUT2D eigenvalue weighted by atomic mass is 35.5. The van der Waals surface area contributed by atoms with Crippen molar-refractivity contribution in [3.05, 3.63) is 105 Å². The van der Waals surface area contributed by atoms with Crippen LogP contribution in [-0.4, -0.2) is 5.97 Å². The molecule has 1 atom stereocenters. The molecule has 4 rings (SSSR count). The fraction of sp³-hybridized carbons (Fsp3) is 0.0435. The topological polar surface area (TPSA) is 85.3 Å². The van der Waals surface area contributed by atoms with Gasteiger partial charge in [0.15, 0.2) is 0 Å². The van der Waals surface area contributed by atoms with E-state index in [9.17, 15) is 14.4 Å². The van der Waals surface area contributed by atoms with E-state index < -0.39 is 17.7 Å². The molecule has 1 aliphatic heterocycles. The lowest BCUT2D eigenvalue weighted by Gasteiger charge is -2.26. The number of nitriles is 1. The van der Waals surface area contributed by atoms with E-state index >= 15 is 0 Å². The van der Waals surface area contributed by atoms with Crippen LogP contribution in [0.15, 0.2) is 72.1 Å². The highest BCUT2D eigenvalue weighted by Crippen LogP contribution is 2.43. The second kappa shape index (κ2) is 8.31. The minimum atomic E-state index is -0.680. The first kappa shape index (κ1) is 20.7. The van der Waals surface area contributed by atoms with E-state index in [1.165, 1.54) is 36.4 Å². The largest absolute Gasteiger partial charge is 0.440 e. The van der Waals surface area contributed by atoms with Gasteiger partial charge in [-0.15, -0.1) is 0 Å². The van der Waals surface area contributed by atoms with Gasteiger partial charge in [-0.05, 0) is 42.0 Å². The van der Waals surface area contributed by atoms with Crippen molar-refractivity contribution >= 4 is 29.2 Å². The summed E-state index contributed by atoms with van der Waals surface area (Å²) in [6.07, 6.45) is 0. The van der Waals surface area contributed by atoms with E-state index in [2.05, 4.69) is 0 Å². The number of halogens is 3. The van der Waals surface area contributed by atoms with E-state index in [-0.39, 0.29) is 27.8 Å². The Labute approximate surface area is 187 Å². The van der Waals surface area contributed by atoms with E-state index in [1.807, 2.05) is 6.07 Å². The van der Waals surface area contributed by atoms with Crippen LogP contribution in [0.1, 0.15) is 27.4 Å². The molecule has 5 nitrogen and oxygen atoms in total. The minimum Gasteiger partial charge on any atom is -0.440 e. The first-order valence-electron chi connectivity index (χ1n) is 9.01. The quantitative estimate of drug-likeness (QED) is 0.412. The van der Waals surface area contributed by atoms with Crippen LogP contribution >= 0.6 is 23.2 Å². The third-order valence-corrected chi connectivity index (χ3v) is 5.28. The molecule has 3 aromatic rings. The van der Waals surface area contributed by atoms with Crippen molar-refractivity contribution in [1.82, 2.24) is 0 Å². The van der Waals surface area contributed by atoms with Gasteiger partial charge >= 0.3 is 5.97 Å². The molecule has 1 aliphatic rings. The van der Waals surface area contributed by atoms with Crippen molar-refractivity contribution in [1.29, 1.82) is 5.26 Å². The Morgan fingerprint density at radius 2 is 1.94 bits per heavy atom. The number of esters is 1. The number of nitrogens with two attached hydrogens (primary N) is 1. The Balaban J connectivity index is 1.70. The lowest BCUT2D eigenvalue weighted by atomic mass is 9.83. The summed E-state index contributed by atoms with van der Waals surface area (Å²) < 4.78 is 24.8. The second-order valence-electron chi connectivity index (χ2n) is 6.69. The van der Waals surface area contributed by atoms with Crippen LogP contribution in [-0.2, 0) is 0 Å². The van der Waals surface area contributed by atoms with Crippen LogP contribution in [0.2, 0.25) is 10.0 Å². The van der Waals surface area contributed by atoms with Crippen LogP contribution in [0.25, 0.3) is 0 Å². The van der Waals surface area contributed by atoms with Crippen LogP contribution in [0.4, 0.5) is 4.39 Å². The molecule has 0 saturated carbocycles. The molecule has 2 N–H and O–H groups in total. The fourth-order valence-corrected chi connectivity index (χ4v) is 3.83. The van der Waals surface area contributed by atoms with Gasteiger partial charge in [-0.2, -0.15) is 5.26 Å². The van der Waals surface area contributed by atoms with Crippen LogP contribution in [0, 0.1) is 17.1 Å². The molecule has 3 aromatic carbocycles. The third-order valence-electron chi connectivity index (χ3n) is 4.73. The molecular formula is C23H13Cl2FN2O3. The van der Waals surface area contributed by atoms with E-state index in [4.69, 9.17) is 38.4 Å². The van der Waals surface area contributed by atoms with Crippen LogP contribution in [0.5, 0.6) is 11.5 Å². The van der Waals surface area contributed by atoms with Gasteiger partial charge in [-0.3, -0.25) is 0 Å². The lowest BCUT2D eigenvalue weighted by Crippen LogP contribution is -2.21. The standard InChI is InChI=1S/C23H13Cl2FN2O3/c24-13-4-6-16(19(25)9-13)23(29)30-15-5-7-17-20(10-15)31-22(28)18(11-27)21(17)12-2-1-3-14(26)8-12/h1-10,21H,28H2. The number of hydrogen-bond donors (Lipinski definition) is 1. The fourth-order valence-electron chi connectivity index (χ4n) is 3.35. The van der Waals surface area contributed by atoms with Crippen molar-refractivity contribution in [2.45, 2.75) is 5.92 Å². The van der Waals surface area contributed by atoms with E-state index in [1.54, 1.807) is 24.3 Å². The van der Waals surface area contributed by atoms with Gasteiger partial charge in [0.2, 0.25) is 5.88 Å². The van der Waals surface area contributed by atoms with Gasteiger partial charge in [-0.25, -0.2) is 9.18 Å². The Hall–Kier alpha value is -3.53. The predicted molar refractivity (Wildman–Crippen MR) is 114 cm³/mol. The molecule has 8 heteroatoms. The Morgan fingerprint density at radius 1 is 1.13 bits per heavy atom. The SMILES string of the molecule is N#CC1=C(N)Oc2cc(OC(=O)c3ccc(Cl)cc3Cl)ccc2C1c1cccc(F)c1. The van der Waals surface area contributed by atoms with Gasteiger partial charge in [0, 0.05) is 16.7 Å². The second-order valence-corrected chi connectivity index (χ2v) is 7.54. The third kappa shape index (κ3) is 4.06. The number of hydrogen-bond acceptors (Lipinski definition) is 5. The molecule has 0 saturated heterocycles. The molecule has 0 spiro atoms. The summed E-state index contributed by atoms with van der Waals surface area (Å²) in [5, 5.41) is 10.1. The van der Waals surface area contributed by atoms with Crippen molar-refractivity contribution in [3.8, 4) is 17.6 Å². The van der Waals surface area contributed by atoms with Gasteiger partial charge in [0.05, 0.1) is 16.5 Å². The molecule has 0 aromatic heterocycles. The first-order chi connectivity index (χ1) is 14.9. The number of allylic oxidation sites excluding steroid dienone is 1. The summed E-state index contributed by atoms with van der Waals surface area (Å²) in [4.78, 5) is 12.5. The summed E-state index contributed by atoms with van der Waals surface area (Å²) >= 11 is 11.9. The van der Waals surface area contributed by atoms with Gasteiger partial charge < -0.3 is 15.2 Å². The van der Waals surface area contributed by atoms with Crippen molar-refractivity contribution < 1.29 is 18.7 Å². The monoisotopic (exact) mass is 454 g/mol. The average Bonchev–Trinajstić information content (AvgIpc) is 2.72. The molecule has 1 unspecified atom stereocenters. The zero-order valence-corrected chi connectivity index (χ0v) is 17.2. The smallest absolute Gasteiger partial charge is 0.345 e. The van der Waals surface area contributed by atoms with E-state index in [0.29, 0.717) is 21.9 Å². The zero-order chi connectivity index (χ0) is 22.1. The molecule has 0 fully saturated rings. The van der Waals surface area contributed by atoms with Gasteiger partial charge in [0.25, 0.3) is 0 Å². The molecule has 0 radical (unpaired) electrons. The maximum Gasteiger partial charge on any atom is 0.345 e. The molecule has 154 valence electrons. The maximum absolute atomic E-state index is 13.8. The van der Waals surface area contributed by atoms with Crippen molar-refractivity contribution in [3.63, 3.8) is 0 Å². The first-order valence-corrected chi connectivity index (χ1v) is 9.77. The lowest BCUT2D eigenvalue weighted by molar-refractivity contribution is 0.0734. The van der Waals surface area contributed by atoms with Gasteiger partial charge in [0.1, 0.15) is 29.0 Å². The Bertz CT molecular complexity index is 1280. The number of fused-ring (bicyclic) bond motifs is 1. The molecule has 31 heavy (non-hydrogen) atoms. The van der Waals surface area contributed by atoms with Crippen molar-refractivity contribution in [2.24, 2.45) is 5.73 Å². The number of nitrogens with zero attached hydrogens (tertiary/aromatic N) is 1. The summed E-state index contributed by atoms with van der Waals surface area (Å²) in [7, 11) is 0. The summed E-state index contributed by atoms with van der Waals surface area (Å²) in [6, 6.07) is 17.0. The number of carbonyl (C=O) groups is 1. The summed E-state index contributed by atoms with van der Waals surface area (Å²) in [5.74, 6) is -1.38. The highest BCUT2D eigenvalue weighted by Gasteiger charge is 2.31. The Kier molecular flexibility index (Phi) is 5.55. The molecule has 0 aliphatic carbocycles. The number of rotatable bonds is 3. The summed E-state index contributed by atoms with van der Waals surface area (Å²) in [6.45, 7) is 0. The van der Waals surface area contributed by atoms with Gasteiger partial charge in [-0.1, -0.05) is 41.4 Å². The maximum atomic E-state index is 13.8. The number of carbonyl (C=O) groups excluding carboxylic acids is 1. The molecular weight excluding hydrogens is 442 g/mol. The molecule has 0 bridgehead atoms.